The molecule has 38 heavy (non-hydrogen) atoms. The van der Waals surface area contributed by atoms with Crippen molar-refractivity contribution in [1.29, 1.82) is 0 Å². The zero-order chi connectivity index (χ0) is 26.8. The van der Waals surface area contributed by atoms with Crippen molar-refractivity contribution in [2.45, 2.75) is 12.3 Å². The number of likely N-dealkylation sites (tertiary alicyclic amines) is 1. The molecule has 9 nitrogen and oxygen atoms in total. The van der Waals surface area contributed by atoms with Crippen LogP contribution in [0.2, 0.25) is 0 Å². The number of para-hydroxylation sites is 1. The molecule has 1 aliphatic heterocycles. The van der Waals surface area contributed by atoms with Gasteiger partial charge in [-0.1, -0.05) is 6.07 Å². The van der Waals surface area contributed by atoms with Gasteiger partial charge in [0, 0.05) is 37.0 Å². The fourth-order valence-corrected chi connectivity index (χ4v) is 4.76. The molecule has 1 fully saturated rings. The molecule has 1 aliphatic rings. The van der Waals surface area contributed by atoms with Crippen LogP contribution >= 0.6 is 0 Å². The topological polar surface area (TPSA) is 107 Å². The summed E-state index contributed by atoms with van der Waals surface area (Å²) in [7, 11) is 2.89. The molecule has 10 heteroatoms. The Morgan fingerprint density at radius 1 is 1.03 bits per heavy atom. The summed E-state index contributed by atoms with van der Waals surface area (Å²) in [6, 6.07) is 14.1. The summed E-state index contributed by atoms with van der Waals surface area (Å²) in [6.07, 6.45) is 4.10. The first kappa shape index (κ1) is 24.9. The number of hydrogen-bond donors (Lipinski definition) is 1. The van der Waals surface area contributed by atoms with Crippen LogP contribution in [-0.4, -0.2) is 57.8 Å². The predicted octanol–water partition coefficient (Wildman–Crippen LogP) is 3.79. The average Bonchev–Trinajstić information content (AvgIpc) is 3.44. The molecule has 1 saturated heterocycles. The Kier molecular flexibility index (Phi) is 6.78. The van der Waals surface area contributed by atoms with Gasteiger partial charge in [-0.15, -0.1) is 0 Å². The number of hydrogen-bond acceptors (Lipinski definition) is 7. The van der Waals surface area contributed by atoms with Crippen molar-refractivity contribution in [3.05, 3.63) is 94.3 Å². The smallest absolute Gasteiger partial charge is 0.290 e. The lowest BCUT2D eigenvalue weighted by atomic mass is 10.00. The van der Waals surface area contributed by atoms with Gasteiger partial charge in [-0.05, 0) is 60.5 Å². The number of nitrogens with zero attached hydrogens (tertiary/aromatic N) is 4. The van der Waals surface area contributed by atoms with Crippen molar-refractivity contribution < 1.29 is 23.8 Å². The fraction of sp³-hybridized carbons (Fsp3) is 0.214. The van der Waals surface area contributed by atoms with Gasteiger partial charge in [0.25, 0.3) is 11.5 Å². The number of methoxy groups -OCH3 is 2. The minimum absolute atomic E-state index is 0.0112. The molecular weight excluding hydrogens is 491 g/mol. The third-order valence-electron chi connectivity index (χ3n) is 6.66. The number of carbonyl (C=O) groups excluding carboxylic acids is 1. The predicted molar refractivity (Wildman–Crippen MR) is 137 cm³/mol. The molecule has 3 heterocycles. The van der Waals surface area contributed by atoms with E-state index in [0.29, 0.717) is 36.6 Å². The molecule has 1 unspecified atom stereocenters. The normalized spacial score (nSPS) is 14.9. The van der Waals surface area contributed by atoms with Crippen LogP contribution in [-0.2, 0) is 0 Å². The van der Waals surface area contributed by atoms with E-state index in [1.165, 1.54) is 48.0 Å². The van der Waals surface area contributed by atoms with Gasteiger partial charge in [0.15, 0.2) is 11.4 Å². The maximum absolute atomic E-state index is 13.7. The first-order valence-electron chi connectivity index (χ1n) is 12.0. The van der Waals surface area contributed by atoms with Crippen LogP contribution in [0, 0.1) is 5.82 Å². The second-order valence-corrected chi connectivity index (χ2v) is 8.81. The number of halogens is 1. The molecule has 2 aromatic carbocycles. The molecule has 0 bridgehead atoms. The first-order chi connectivity index (χ1) is 18.4. The van der Waals surface area contributed by atoms with Gasteiger partial charge >= 0.3 is 0 Å². The van der Waals surface area contributed by atoms with Crippen LogP contribution in [0.1, 0.15) is 28.3 Å². The summed E-state index contributed by atoms with van der Waals surface area (Å²) in [5.74, 6) is -1.08. The maximum atomic E-state index is 13.7. The molecule has 2 aromatic heterocycles. The maximum Gasteiger partial charge on any atom is 0.290 e. The van der Waals surface area contributed by atoms with E-state index >= 15 is 0 Å². The Morgan fingerprint density at radius 3 is 2.32 bits per heavy atom. The minimum atomic E-state index is -0.899. The van der Waals surface area contributed by atoms with E-state index in [1.807, 2.05) is 12.1 Å². The largest absolute Gasteiger partial charge is 0.494 e. The summed E-state index contributed by atoms with van der Waals surface area (Å²) in [4.78, 5) is 36.7. The Bertz CT molecular complexity index is 1520. The van der Waals surface area contributed by atoms with Crippen LogP contribution < -0.4 is 15.0 Å². The summed E-state index contributed by atoms with van der Waals surface area (Å²) in [5.41, 5.74) is 0.237. The van der Waals surface area contributed by atoms with Gasteiger partial charge < -0.3 is 19.5 Å². The van der Waals surface area contributed by atoms with E-state index in [9.17, 15) is 19.1 Å². The van der Waals surface area contributed by atoms with E-state index in [1.54, 1.807) is 30.6 Å². The van der Waals surface area contributed by atoms with Gasteiger partial charge in [0.2, 0.25) is 5.88 Å². The average molecular weight is 517 g/mol. The number of aromatic nitrogens is 3. The Balaban J connectivity index is 1.67. The standard InChI is InChI=1S/C28H25FN4O5/c1-37-21-4-3-5-22(38-2)24(21)33-25(18-6-8-20(29)9-7-18)31-26(34)23(28(33)36)27(35)32-15-12-19(16-32)17-10-13-30-14-11-17/h3-11,13-14,19,36H,12,15-16H2,1-2H3. The Morgan fingerprint density at radius 2 is 1.68 bits per heavy atom. The summed E-state index contributed by atoms with van der Waals surface area (Å²) in [6.45, 7) is 0.780. The van der Waals surface area contributed by atoms with Crippen molar-refractivity contribution in [2.24, 2.45) is 0 Å². The molecule has 0 radical (unpaired) electrons. The molecule has 0 aliphatic carbocycles. The number of aromatic hydroxyl groups is 1. The number of benzene rings is 2. The van der Waals surface area contributed by atoms with Crippen LogP contribution in [0.15, 0.2) is 71.8 Å². The summed E-state index contributed by atoms with van der Waals surface area (Å²) < 4.78 is 26.0. The van der Waals surface area contributed by atoms with Gasteiger partial charge in [0.1, 0.15) is 23.0 Å². The molecule has 5 rings (SSSR count). The number of rotatable bonds is 6. The number of pyridine rings is 1. The van der Waals surface area contributed by atoms with Crippen LogP contribution in [0.5, 0.6) is 17.4 Å². The fourth-order valence-electron chi connectivity index (χ4n) is 4.76. The van der Waals surface area contributed by atoms with Gasteiger partial charge in [0.05, 0.1) is 14.2 Å². The van der Waals surface area contributed by atoms with Crippen molar-refractivity contribution in [1.82, 2.24) is 19.4 Å². The molecule has 1 N–H and O–H groups in total. The monoisotopic (exact) mass is 516 g/mol. The van der Waals surface area contributed by atoms with Crippen LogP contribution in [0.4, 0.5) is 4.39 Å². The van der Waals surface area contributed by atoms with Gasteiger partial charge in [-0.2, -0.15) is 4.98 Å². The molecule has 194 valence electrons. The van der Waals surface area contributed by atoms with Crippen molar-refractivity contribution in [3.8, 4) is 34.5 Å². The second-order valence-electron chi connectivity index (χ2n) is 8.81. The minimum Gasteiger partial charge on any atom is -0.494 e. The van der Waals surface area contributed by atoms with E-state index in [0.717, 1.165) is 5.56 Å². The highest BCUT2D eigenvalue weighted by molar-refractivity contribution is 5.97. The Hall–Kier alpha value is -4.73. The molecule has 1 amide bonds. The van der Waals surface area contributed by atoms with E-state index in [4.69, 9.17) is 9.47 Å². The lowest BCUT2D eigenvalue weighted by Crippen LogP contribution is -2.34. The van der Waals surface area contributed by atoms with Gasteiger partial charge in [-0.25, -0.2) is 4.39 Å². The zero-order valence-corrected chi connectivity index (χ0v) is 20.8. The van der Waals surface area contributed by atoms with Gasteiger partial charge in [-0.3, -0.25) is 19.1 Å². The third-order valence-corrected chi connectivity index (χ3v) is 6.66. The van der Waals surface area contributed by atoms with E-state index in [2.05, 4.69) is 9.97 Å². The number of amides is 1. The molecular formula is C28H25FN4O5. The highest BCUT2D eigenvalue weighted by Crippen LogP contribution is 2.39. The second kappa shape index (κ2) is 10.3. The molecule has 1 atom stereocenters. The zero-order valence-electron chi connectivity index (χ0n) is 20.8. The first-order valence-corrected chi connectivity index (χ1v) is 12.0. The summed E-state index contributed by atoms with van der Waals surface area (Å²) >= 11 is 0. The number of ether oxygens (including phenoxy) is 2. The van der Waals surface area contributed by atoms with Crippen molar-refractivity contribution in [3.63, 3.8) is 0 Å². The van der Waals surface area contributed by atoms with Crippen LogP contribution in [0.3, 0.4) is 0 Å². The number of carbonyl (C=O) groups is 1. The van der Waals surface area contributed by atoms with E-state index < -0.39 is 28.7 Å². The SMILES string of the molecule is COc1cccc(OC)c1-n1c(-c2ccc(F)cc2)nc(=O)c(C(=O)N2CCC(c3ccncc3)C2)c1O. The molecule has 0 spiro atoms. The molecule has 0 saturated carbocycles. The highest BCUT2D eigenvalue weighted by Gasteiger charge is 2.34. The summed E-state index contributed by atoms with van der Waals surface area (Å²) in [5, 5.41) is 11.6. The van der Waals surface area contributed by atoms with Crippen molar-refractivity contribution in [2.75, 3.05) is 27.3 Å². The van der Waals surface area contributed by atoms with Crippen molar-refractivity contribution >= 4 is 5.91 Å². The molecule has 4 aromatic rings. The lowest BCUT2D eigenvalue weighted by Gasteiger charge is -2.22. The van der Waals surface area contributed by atoms with E-state index in [-0.39, 0.29) is 17.4 Å². The lowest BCUT2D eigenvalue weighted by molar-refractivity contribution is 0.0784. The quantitative estimate of drug-likeness (QED) is 0.416. The highest BCUT2D eigenvalue weighted by atomic mass is 19.1. The Labute approximate surface area is 217 Å². The third kappa shape index (κ3) is 4.45. The van der Waals surface area contributed by atoms with Crippen LogP contribution in [0.25, 0.3) is 17.1 Å².